The van der Waals surface area contributed by atoms with Crippen LogP contribution in [0.3, 0.4) is 0 Å². The molecule has 3 rings (SSSR count). The number of fused-ring (bicyclic) bond motifs is 1. The van der Waals surface area contributed by atoms with Gasteiger partial charge in [-0.2, -0.15) is 0 Å². The van der Waals surface area contributed by atoms with Crippen LogP contribution >= 0.6 is 11.3 Å². The Morgan fingerprint density at radius 1 is 0.759 bits per heavy atom. The molecule has 0 aliphatic carbocycles. The van der Waals surface area contributed by atoms with Gasteiger partial charge in [0.15, 0.2) is 17.6 Å². The topological polar surface area (TPSA) is 72.5 Å². The predicted octanol–water partition coefficient (Wildman–Crippen LogP) is 2.84. The highest BCUT2D eigenvalue weighted by Crippen LogP contribution is 2.28. The standard InChI is InChI=1S/C21H26O7S/c22-21(20-6-3-15-29-20)19-16-26-12-11-24-8-7-23-9-10-25-13-14-27-17-4-1-2-5-18(17)28-19/h1-6,15,19H,7-14,16H2. The Balaban J connectivity index is 1.69. The molecule has 0 N–H and O–H groups in total. The van der Waals surface area contributed by atoms with Crippen molar-refractivity contribution in [1.82, 2.24) is 0 Å². The van der Waals surface area contributed by atoms with E-state index in [0.29, 0.717) is 69.2 Å². The lowest BCUT2D eigenvalue weighted by molar-refractivity contribution is -0.0148. The van der Waals surface area contributed by atoms with Gasteiger partial charge in [0.25, 0.3) is 0 Å². The summed E-state index contributed by atoms with van der Waals surface area (Å²) in [6.45, 7) is 3.66. The van der Waals surface area contributed by atoms with Crippen LogP contribution in [0.15, 0.2) is 41.8 Å². The van der Waals surface area contributed by atoms with Crippen molar-refractivity contribution in [3.05, 3.63) is 46.7 Å². The number of para-hydroxylation sites is 2. The normalized spacial score (nSPS) is 20.3. The molecule has 158 valence electrons. The Hall–Kier alpha value is -1.97. The zero-order valence-corrected chi connectivity index (χ0v) is 17.1. The number of ether oxygens (including phenoxy) is 6. The largest absolute Gasteiger partial charge is 0.487 e. The summed E-state index contributed by atoms with van der Waals surface area (Å²) in [6.07, 6.45) is -0.781. The number of carbonyl (C=O) groups excluding carboxylic acids is 1. The van der Waals surface area contributed by atoms with Crippen molar-refractivity contribution in [1.29, 1.82) is 0 Å². The predicted molar refractivity (Wildman–Crippen MR) is 108 cm³/mol. The fourth-order valence-electron chi connectivity index (χ4n) is 2.62. The maximum absolute atomic E-state index is 12.9. The van der Waals surface area contributed by atoms with Gasteiger partial charge in [-0.15, -0.1) is 11.3 Å². The van der Waals surface area contributed by atoms with E-state index in [4.69, 9.17) is 28.4 Å². The van der Waals surface area contributed by atoms with Gasteiger partial charge in [0.1, 0.15) is 6.61 Å². The SMILES string of the molecule is O=C(c1cccs1)C1COCCOCCOCCOCCOc2ccccc2O1. The van der Waals surface area contributed by atoms with Crippen LogP contribution in [-0.2, 0) is 18.9 Å². The van der Waals surface area contributed by atoms with E-state index in [0.717, 1.165) is 0 Å². The van der Waals surface area contributed by atoms with Crippen LogP contribution < -0.4 is 9.47 Å². The number of ketones is 1. The van der Waals surface area contributed by atoms with Crippen LogP contribution in [0.4, 0.5) is 0 Å². The fraction of sp³-hybridized carbons (Fsp3) is 0.476. The molecule has 1 aromatic carbocycles. The van der Waals surface area contributed by atoms with Crippen LogP contribution in [0.25, 0.3) is 0 Å². The molecule has 0 radical (unpaired) electrons. The third kappa shape index (κ3) is 7.41. The minimum Gasteiger partial charge on any atom is -0.487 e. The summed E-state index contributed by atoms with van der Waals surface area (Å²) in [5, 5.41) is 1.86. The molecule has 1 aliphatic heterocycles. The molecular weight excluding hydrogens is 396 g/mol. The number of hydrogen-bond donors (Lipinski definition) is 0. The number of Topliss-reactive ketones (excluding diaryl/α,β-unsaturated/α-hetero) is 1. The number of benzene rings is 1. The highest BCUT2D eigenvalue weighted by Gasteiger charge is 2.24. The molecule has 0 bridgehead atoms. The first-order valence-corrected chi connectivity index (χ1v) is 10.5. The summed E-state index contributed by atoms with van der Waals surface area (Å²) >= 11 is 1.38. The molecule has 0 saturated carbocycles. The molecule has 2 heterocycles. The second kappa shape index (κ2) is 12.6. The molecule has 0 saturated heterocycles. The van der Waals surface area contributed by atoms with E-state index in [9.17, 15) is 4.79 Å². The quantitative estimate of drug-likeness (QED) is 0.689. The zero-order chi connectivity index (χ0) is 20.2. The minimum atomic E-state index is -0.781. The summed E-state index contributed by atoms with van der Waals surface area (Å²) in [7, 11) is 0. The lowest BCUT2D eigenvalue weighted by Crippen LogP contribution is -2.33. The van der Waals surface area contributed by atoms with Crippen molar-refractivity contribution in [3.8, 4) is 11.5 Å². The van der Waals surface area contributed by atoms with Crippen molar-refractivity contribution in [3.63, 3.8) is 0 Å². The average Bonchev–Trinajstić information content (AvgIpc) is 3.28. The van der Waals surface area contributed by atoms with E-state index in [1.54, 1.807) is 18.2 Å². The van der Waals surface area contributed by atoms with Crippen molar-refractivity contribution < 1.29 is 33.2 Å². The monoisotopic (exact) mass is 422 g/mol. The van der Waals surface area contributed by atoms with E-state index in [-0.39, 0.29) is 12.4 Å². The molecule has 0 amide bonds. The molecule has 8 heteroatoms. The van der Waals surface area contributed by atoms with E-state index >= 15 is 0 Å². The first kappa shape index (κ1) is 21.7. The van der Waals surface area contributed by atoms with E-state index in [2.05, 4.69) is 0 Å². The summed E-state index contributed by atoms with van der Waals surface area (Å²) in [5.74, 6) is 0.925. The van der Waals surface area contributed by atoms with E-state index < -0.39 is 6.10 Å². The third-order valence-electron chi connectivity index (χ3n) is 4.05. The smallest absolute Gasteiger partial charge is 0.215 e. The van der Waals surface area contributed by atoms with Gasteiger partial charge in [-0.1, -0.05) is 18.2 Å². The molecular formula is C21H26O7S. The Bertz CT molecular complexity index is 720. The van der Waals surface area contributed by atoms with Crippen LogP contribution in [-0.4, -0.2) is 71.3 Å². The second-order valence-corrected chi connectivity index (χ2v) is 7.10. The molecule has 0 spiro atoms. The summed E-state index contributed by atoms with van der Waals surface area (Å²) in [5.41, 5.74) is 0. The van der Waals surface area contributed by atoms with Gasteiger partial charge in [0.2, 0.25) is 5.78 Å². The Morgan fingerprint density at radius 3 is 2.03 bits per heavy atom. The highest BCUT2D eigenvalue weighted by molar-refractivity contribution is 7.12. The molecule has 2 aromatic rings. The summed E-state index contributed by atoms with van der Waals surface area (Å²) < 4.78 is 33.9. The van der Waals surface area contributed by atoms with Crippen LogP contribution in [0.2, 0.25) is 0 Å². The Kier molecular flexibility index (Phi) is 9.41. The van der Waals surface area contributed by atoms with Gasteiger partial charge in [-0.05, 0) is 23.6 Å². The lowest BCUT2D eigenvalue weighted by Gasteiger charge is -2.20. The minimum absolute atomic E-state index is 0.119. The number of carbonyl (C=O) groups is 1. The van der Waals surface area contributed by atoms with E-state index in [1.807, 2.05) is 23.6 Å². The van der Waals surface area contributed by atoms with Gasteiger partial charge < -0.3 is 28.4 Å². The molecule has 1 aliphatic rings. The molecule has 1 unspecified atom stereocenters. The van der Waals surface area contributed by atoms with Crippen molar-refractivity contribution in [2.45, 2.75) is 6.10 Å². The van der Waals surface area contributed by atoms with Gasteiger partial charge in [-0.3, -0.25) is 4.79 Å². The van der Waals surface area contributed by atoms with Gasteiger partial charge in [-0.25, -0.2) is 0 Å². The third-order valence-corrected chi connectivity index (χ3v) is 4.93. The van der Waals surface area contributed by atoms with Crippen molar-refractivity contribution in [2.75, 3.05) is 59.5 Å². The molecule has 1 aromatic heterocycles. The highest BCUT2D eigenvalue weighted by atomic mass is 32.1. The van der Waals surface area contributed by atoms with Crippen LogP contribution in [0, 0.1) is 0 Å². The van der Waals surface area contributed by atoms with E-state index in [1.165, 1.54) is 11.3 Å². The van der Waals surface area contributed by atoms with Crippen molar-refractivity contribution in [2.24, 2.45) is 0 Å². The first-order valence-electron chi connectivity index (χ1n) is 9.62. The maximum Gasteiger partial charge on any atom is 0.215 e. The fourth-order valence-corrected chi connectivity index (χ4v) is 3.33. The molecule has 29 heavy (non-hydrogen) atoms. The van der Waals surface area contributed by atoms with Crippen LogP contribution in [0.1, 0.15) is 9.67 Å². The number of rotatable bonds is 2. The molecule has 7 nitrogen and oxygen atoms in total. The first-order chi connectivity index (χ1) is 14.3. The number of thiophene rings is 1. The van der Waals surface area contributed by atoms with Gasteiger partial charge in [0, 0.05) is 0 Å². The van der Waals surface area contributed by atoms with Gasteiger partial charge in [0.05, 0.1) is 57.7 Å². The lowest BCUT2D eigenvalue weighted by atomic mass is 10.2. The summed E-state index contributed by atoms with van der Waals surface area (Å²) in [6, 6.07) is 10.9. The second-order valence-electron chi connectivity index (χ2n) is 6.16. The molecule has 1 atom stereocenters. The Labute approximate surface area is 174 Å². The average molecular weight is 422 g/mol. The molecule has 0 fully saturated rings. The van der Waals surface area contributed by atoms with Gasteiger partial charge >= 0.3 is 0 Å². The van der Waals surface area contributed by atoms with Crippen molar-refractivity contribution >= 4 is 17.1 Å². The maximum atomic E-state index is 12.9. The number of hydrogen-bond acceptors (Lipinski definition) is 8. The summed E-state index contributed by atoms with van der Waals surface area (Å²) in [4.78, 5) is 13.5. The zero-order valence-electron chi connectivity index (χ0n) is 16.2. The van der Waals surface area contributed by atoms with Crippen LogP contribution in [0.5, 0.6) is 11.5 Å². The Morgan fingerprint density at radius 2 is 1.38 bits per heavy atom.